The number of nitriles is 2. The molecule has 0 spiro atoms. The minimum Gasteiger partial charge on any atom is -0.771 e. The first-order valence-corrected chi connectivity index (χ1v) is 3.65. The Kier molecular flexibility index (Phi) is 9.56. The van der Waals surface area contributed by atoms with Gasteiger partial charge in [0.1, 0.15) is 17.7 Å². The van der Waals surface area contributed by atoms with Crippen LogP contribution in [-0.2, 0) is 12.6 Å². The number of allylic oxidation sites excluding steroid dienone is 1. The standard InChI is InChI=1S/C5H4N2S2.Na/c1-9-5(8)4(2-6)3-7;/h8H,1H3;/q;+1/p-1. The number of hydrogen-bond acceptors (Lipinski definition) is 4. The summed E-state index contributed by atoms with van der Waals surface area (Å²) in [5.41, 5.74) is 0.0255. The maximum atomic E-state index is 8.22. The van der Waals surface area contributed by atoms with Gasteiger partial charge in [-0.25, -0.2) is 0 Å². The number of thioether (sulfide) groups is 1. The van der Waals surface area contributed by atoms with Crippen LogP contribution >= 0.6 is 11.8 Å². The van der Waals surface area contributed by atoms with Crippen LogP contribution in [0, 0.1) is 22.7 Å². The average Bonchev–Trinajstić information content (AvgIpc) is 1.90. The van der Waals surface area contributed by atoms with E-state index in [1.165, 1.54) is 11.8 Å². The maximum Gasteiger partial charge on any atom is 1.00 e. The van der Waals surface area contributed by atoms with Crippen LogP contribution in [0.25, 0.3) is 0 Å². The van der Waals surface area contributed by atoms with Crippen LogP contribution in [0.3, 0.4) is 0 Å². The minimum atomic E-state index is 0. The van der Waals surface area contributed by atoms with Gasteiger partial charge in [-0.15, -0.1) is 4.24 Å². The van der Waals surface area contributed by atoms with E-state index in [0.29, 0.717) is 4.24 Å². The summed E-state index contributed by atoms with van der Waals surface area (Å²) in [5, 5.41) is 16.4. The molecule has 46 valence electrons. The monoisotopic (exact) mass is 178 g/mol. The molecular formula is C5H3N2NaS2. The van der Waals surface area contributed by atoms with Crippen molar-refractivity contribution in [3.05, 3.63) is 9.81 Å². The van der Waals surface area contributed by atoms with Gasteiger partial charge in [0.25, 0.3) is 0 Å². The molecule has 0 atom stereocenters. The number of hydrogen-bond donors (Lipinski definition) is 0. The Balaban J connectivity index is 0. The normalized spacial score (nSPS) is 6.30. The van der Waals surface area contributed by atoms with E-state index in [1.54, 1.807) is 18.4 Å². The Morgan fingerprint density at radius 1 is 1.40 bits per heavy atom. The molecule has 0 amide bonds. The summed E-state index contributed by atoms with van der Waals surface area (Å²) in [7, 11) is 0. The molecule has 0 saturated carbocycles. The smallest absolute Gasteiger partial charge is 0.771 e. The third-order valence-electron chi connectivity index (χ3n) is 0.613. The van der Waals surface area contributed by atoms with E-state index >= 15 is 0 Å². The topological polar surface area (TPSA) is 47.6 Å². The van der Waals surface area contributed by atoms with E-state index in [4.69, 9.17) is 10.5 Å². The fraction of sp³-hybridized carbons (Fsp3) is 0.200. The molecule has 0 rings (SSSR count). The third kappa shape index (κ3) is 4.16. The summed E-state index contributed by atoms with van der Waals surface area (Å²) in [4.78, 5) is 0. The van der Waals surface area contributed by atoms with Crippen molar-refractivity contribution >= 4 is 24.4 Å². The van der Waals surface area contributed by atoms with E-state index in [9.17, 15) is 0 Å². The first kappa shape index (κ1) is 12.9. The van der Waals surface area contributed by atoms with Gasteiger partial charge in [-0.2, -0.15) is 22.3 Å². The van der Waals surface area contributed by atoms with Crippen LogP contribution in [0.5, 0.6) is 0 Å². The van der Waals surface area contributed by atoms with Gasteiger partial charge < -0.3 is 12.6 Å². The molecule has 0 aliphatic heterocycles. The van der Waals surface area contributed by atoms with E-state index in [2.05, 4.69) is 12.6 Å². The van der Waals surface area contributed by atoms with Gasteiger partial charge in [-0.1, -0.05) is 0 Å². The summed E-state index contributed by atoms with van der Waals surface area (Å²) >= 11 is 5.89. The molecule has 0 bridgehead atoms. The maximum absolute atomic E-state index is 8.22. The molecule has 0 aromatic carbocycles. The van der Waals surface area contributed by atoms with Crippen molar-refractivity contribution in [2.45, 2.75) is 0 Å². The minimum absolute atomic E-state index is 0. The van der Waals surface area contributed by atoms with Crippen LogP contribution in [0.1, 0.15) is 0 Å². The quantitative estimate of drug-likeness (QED) is 0.269. The third-order valence-corrected chi connectivity index (χ3v) is 1.89. The molecule has 0 aliphatic rings. The van der Waals surface area contributed by atoms with Crippen molar-refractivity contribution in [1.82, 2.24) is 0 Å². The van der Waals surface area contributed by atoms with Crippen molar-refractivity contribution in [2.24, 2.45) is 0 Å². The summed E-state index contributed by atoms with van der Waals surface area (Å²) in [6.45, 7) is 0. The summed E-state index contributed by atoms with van der Waals surface area (Å²) < 4.78 is 0.361. The molecule has 0 heterocycles. The molecule has 2 nitrogen and oxygen atoms in total. The number of rotatable bonds is 1. The molecule has 0 unspecified atom stereocenters. The summed E-state index contributed by atoms with van der Waals surface area (Å²) in [6.07, 6.45) is 1.73. The van der Waals surface area contributed by atoms with Crippen molar-refractivity contribution in [3.8, 4) is 12.1 Å². The van der Waals surface area contributed by atoms with Gasteiger partial charge in [0.2, 0.25) is 0 Å². The van der Waals surface area contributed by atoms with Gasteiger partial charge in [-0.05, 0) is 6.26 Å². The second kappa shape index (κ2) is 7.40. The fourth-order valence-corrected chi connectivity index (χ4v) is 0.605. The van der Waals surface area contributed by atoms with Gasteiger partial charge >= 0.3 is 29.6 Å². The largest absolute Gasteiger partial charge is 1.00 e. The average molecular weight is 178 g/mol. The zero-order valence-electron chi connectivity index (χ0n) is 5.71. The van der Waals surface area contributed by atoms with E-state index < -0.39 is 0 Å². The van der Waals surface area contributed by atoms with Gasteiger partial charge in [0.15, 0.2) is 0 Å². The SMILES string of the molecule is CSC([S-])=C(C#N)C#N.[Na+]. The van der Waals surface area contributed by atoms with Gasteiger partial charge in [0, 0.05) is 0 Å². The van der Waals surface area contributed by atoms with Crippen molar-refractivity contribution in [1.29, 1.82) is 10.5 Å². The van der Waals surface area contributed by atoms with Crippen LogP contribution in [0.2, 0.25) is 0 Å². The Bertz CT molecular complexity index is 195. The second-order valence-corrected chi connectivity index (χ2v) is 2.57. The predicted octanol–water partition coefficient (Wildman–Crippen LogP) is -1.84. The molecule has 0 N–H and O–H groups in total. The number of nitrogens with zero attached hydrogens (tertiary/aromatic N) is 2. The molecule has 0 aromatic heterocycles. The van der Waals surface area contributed by atoms with Gasteiger partial charge in [0.05, 0.1) is 0 Å². The Labute approximate surface area is 92.0 Å². The van der Waals surface area contributed by atoms with Crippen LogP contribution in [0.4, 0.5) is 0 Å². The van der Waals surface area contributed by atoms with Crippen LogP contribution in [0.15, 0.2) is 9.81 Å². The molecule has 0 fully saturated rings. The van der Waals surface area contributed by atoms with Crippen molar-refractivity contribution < 1.29 is 29.6 Å². The predicted molar refractivity (Wildman–Crippen MR) is 39.1 cm³/mol. The molecule has 10 heavy (non-hydrogen) atoms. The van der Waals surface area contributed by atoms with Crippen molar-refractivity contribution in [2.75, 3.05) is 6.26 Å². The second-order valence-electron chi connectivity index (χ2n) is 1.09. The van der Waals surface area contributed by atoms with Crippen LogP contribution in [-0.4, -0.2) is 6.26 Å². The zero-order chi connectivity index (χ0) is 7.28. The first-order chi connectivity index (χ1) is 4.26. The van der Waals surface area contributed by atoms with E-state index in [1.807, 2.05) is 0 Å². The first-order valence-electron chi connectivity index (χ1n) is 2.01. The Morgan fingerprint density at radius 3 is 1.90 bits per heavy atom. The van der Waals surface area contributed by atoms with Gasteiger partial charge in [-0.3, -0.25) is 0 Å². The fourth-order valence-electron chi connectivity index (χ4n) is 0.218. The molecule has 0 radical (unpaired) electrons. The molecular weight excluding hydrogens is 175 g/mol. The van der Waals surface area contributed by atoms with Crippen molar-refractivity contribution in [3.63, 3.8) is 0 Å². The summed E-state index contributed by atoms with van der Waals surface area (Å²) in [6, 6.07) is 3.39. The zero-order valence-corrected chi connectivity index (χ0v) is 9.34. The molecule has 0 saturated heterocycles. The van der Waals surface area contributed by atoms with E-state index in [0.717, 1.165) is 0 Å². The summed E-state index contributed by atoms with van der Waals surface area (Å²) in [5.74, 6) is 0. The Hall–Kier alpha value is 0.290. The molecule has 5 heteroatoms. The molecule has 0 aromatic rings. The van der Waals surface area contributed by atoms with Crippen LogP contribution < -0.4 is 29.6 Å². The Morgan fingerprint density at radius 2 is 1.80 bits per heavy atom. The van der Waals surface area contributed by atoms with E-state index in [-0.39, 0.29) is 35.1 Å². The molecule has 0 aliphatic carbocycles.